The molecular formula is C21H19N3O2. The van der Waals surface area contributed by atoms with Crippen molar-refractivity contribution in [1.82, 2.24) is 4.57 Å². The van der Waals surface area contributed by atoms with Gasteiger partial charge < -0.3 is 15.2 Å². The summed E-state index contributed by atoms with van der Waals surface area (Å²) in [6.07, 6.45) is 5.44. The first-order valence-electron chi connectivity index (χ1n) is 8.62. The minimum atomic E-state index is -0.453. The summed E-state index contributed by atoms with van der Waals surface area (Å²) in [6, 6.07) is 16.8. The van der Waals surface area contributed by atoms with Crippen LogP contribution in [-0.2, 0) is 6.42 Å². The van der Waals surface area contributed by atoms with Crippen LogP contribution < -0.4 is 10.6 Å². The molecule has 130 valence electrons. The molecule has 4 rings (SSSR count). The van der Waals surface area contributed by atoms with E-state index in [2.05, 4.69) is 0 Å². The van der Waals surface area contributed by atoms with Crippen molar-refractivity contribution < 1.29 is 9.59 Å². The normalized spacial score (nSPS) is 13.3. The molecule has 0 saturated carbocycles. The van der Waals surface area contributed by atoms with E-state index in [0.29, 0.717) is 17.7 Å². The standard InChI is InChI=1S/C21H19N3O2/c22-20(25)18-8-4-10-19-17(18)9-5-13-24(19)21(26)15-6-3-7-16(14-15)23-11-1-2-12-23/h1-4,6-8,10-12,14H,5,9,13H2,(H2,22,25). The number of hydrogen-bond donors (Lipinski definition) is 1. The topological polar surface area (TPSA) is 68.3 Å². The molecule has 0 saturated heterocycles. The highest BCUT2D eigenvalue weighted by Gasteiger charge is 2.26. The number of hydrogen-bond acceptors (Lipinski definition) is 2. The fraction of sp³-hybridized carbons (Fsp3) is 0.143. The lowest BCUT2D eigenvalue weighted by molar-refractivity contribution is 0.0977. The van der Waals surface area contributed by atoms with Crippen LogP contribution >= 0.6 is 0 Å². The minimum Gasteiger partial charge on any atom is -0.366 e. The molecule has 5 heteroatoms. The van der Waals surface area contributed by atoms with E-state index in [9.17, 15) is 9.59 Å². The van der Waals surface area contributed by atoms with Crippen LogP contribution in [0.25, 0.3) is 5.69 Å². The summed E-state index contributed by atoms with van der Waals surface area (Å²) in [5, 5.41) is 0. The average molecular weight is 345 g/mol. The van der Waals surface area contributed by atoms with E-state index in [0.717, 1.165) is 29.8 Å². The highest BCUT2D eigenvalue weighted by molar-refractivity contribution is 6.08. The molecule has 2 aromatic carbocycles. The predicted molar refractivity (Wildman–Crippen MR) is 101 cm³/mol. The Balaban J connectivity index is 1.72. The van der Waals surface area contributed by atoms with E-state index in [1.807, 2.05) is 59.4 Å². The number of carbonyl (C=O) groups excluding carboxylic acids is 2. The molecule has 26 heavy (non-hydrogen) atoms. The predicted octanol–water partition coefficient (Wildman–Crippen LogP) is 3.17. The van der Waals surface area contributed by atoms with Crippen LogP contribution in [0, 0.1) is 0 Å². The molecule has 0 radical (unpaired) electrons. The summed E-state index contributed by atoms with van der Waals surface area (Å²) in [5.74, 6) is -0.521. The van der Waals surface area contributed by atoms with Gasteiger partial charge >= 0.3 is 0 Å². The molecule has 5 nitrogen and oxygen atoms in total. The van der Waals surface area contributed by atoms with Gasteiger partial charge in [0.25, 0.3) is 5.91 Å². The van der Waals surface area contributed by atoms with Crippen molar-refractivity contribution in [3.8, 4) is 5.69 Å². The molecule has 0 atom stereocenters. The Hall–Kier alpha value is -3.34. The number of rotatable bonds is 3. The lowest BCUT2D eigenvalue weighted by atomic mass is 9.95. The van der Waals surface area contributed by atoms with E-state index >= 15 is 0 Å². The maximum absolute atomic E-state index is 13.2. The van der Waals surface area contributed by atoms with E-state index in [1.54, 1.807) is 17.0 Å². The molecule has 0 unspecified atom stereocenters. The number of aromatic nitrogens is 1. The Kier molecular flexibility index (Phi) is 4.05. The third-order valence-electron chi connectivity index (χ3n) is 4.76. The van der Waals surface area contributed by atoms with Crippen LogP contribution in [0.4, 0.5) is 5.69 Å². The second kappa shape index (κ2) is 6.52. The highest BCUT2D eigenvalue weighted by atomic mass is 16.2. The van der Waals surface area contributed by atoms with Gasteiger partial charge in [-0.15, -0.1) is 0 Å². The van der Waals surface area contributed by atoms with E-state index < -0.39 is 5.91 Å². The molecule has 1 aromatic heterocycles. The number of nitrogens with zero attached hydrogens (tertiary/aromatic N) is 2. The molecule has 3 aromatic rings. The zero-order chi connectivity index (χ0) is 18.1. The van der Waals surface area contributed by atoms with Crippen molar-refractivity contribution in [1.29, 1.82) is 0 Å². The fourth-order valence-electron chi connectivity index (χ4n) is 3.53. The monoisotopic (exact) mass is 345 g/mol. The van der Waals surface area contributed by atoms with Crippen LogP contribution in [0.3, 0.4) is 0 Å². The van der Waals surface area contributed by atoms with Gasteiger partial charge in [-0.2, -0.15) is 0 Å². The van der Waals surface area contributed by atoms with Gasteiger partial charge in [0, 0.05) is 41.4 Å². The quantitative estimate of drug-likeness (QED) is 0.792. The van der Waals surface area contributed by atoms with Crippen LogP contribution in [0.5, 0.6) is 0 Å². The van der Waals surface area contributed by atoms with Crippen LogP contribution in [0.2, 0.25) is 0 Å². The average Bonchev–Trinajstić information content (AvgIpc) is 3.21. The van der Waals surface area contributed by atoms with Crippen molar-refractivity contribution >= 4 is 17.5 Å². The van der Waals surface area contributed by atoms with Crippen LogP contribution in [0.15, 0.2) is 67.0 Å². The molecule has 0 aliphatic carbocycles. The molecular weight excluding hydrogens is 326 g/mol. The van der Waals surface area contributed by atoms with Crippen LogP contribution in [0.1, 0.15) is 32.7 Å². The van der Waals surface area contributed by atoms with Gasteiger partial charge in [0.1, 0.15) is 0 Å². The summed E-state index contributed by atoms with van der Waals surface area (Å²) in [6.45, 7) is 0.627. The van der Waals surface area contributed by atoms with E-state index in [4.69, 9.17) is 5.73 Å². The van der Waals surface area contributed by atoms with Crippen molar-refractivity contribution in [3.05, 3.63) is 83.7 Å². The summed E-state index contributed by atoms with van der Waals surface area (Å²) in [7, 11) is 0. The Morgan fingerprint density at radius 1 is 0.962 bits per heavy atom. The third-order valence-corrected chi connectivity index (χ3v) is 4.76. The number of primary amides is 1. The third kappa shape index (κ3) is 2.77. The summed E-state index contributed by atoms with van der Waals surface area (Å²) < 4.78 is 1.96. The second-order valence-electron chi connectivity index (χ2n) is 6.37. The lowest BCUT2D eigenvalue weighted by Crippen LogP contribution is -2.36. The fourth-order valence-corrected chi connectivity index (χ4v) is 3.53. The molecule has 2 heterocycles. The number of anilines is 1. The molecule has 1 aliphatic heterocycles. The molecule has 1 aliphatic rings. The Morgan fingerprint density at radius 3 is 2.50 bits per heavy atom. The number of carbonyl (C=O) groups is 2. The molecule has 2 N–H and O–H groups in total. The maximum atomic E-state index is 13.2. The first-order chi connectivity index (χ1) is 12.6. The number of amides is 2. The molecule has 0 fully saturated rings. The summed E-state index contributed by atoms with van der Waals surface area (Å²) >= 11 is 0. The Bertz CT molecular complexity index is 977. The van der Waals surface area contributed by atoms with Gasteiger partial charge in [-0.1, -0.05) is 12.1 Å². The van der Waals surface area contributed by atoms with Crippen molar-refractivity contribution in [2.24, 2.45) is 5.73 Å². The van der Waals surface area contributed by atoms with Crippen molar-refractivity contribution in [3.63, 3.8) is 0 Å². The van der Waals surface area contributed by atoms with Crippen molar-refractivity contribution in [2.45, 2.75) is 12.8 Å². The SMILES string of the molecule is NC(=O)c1cccc2c1CCCN2C(=O)c1cccc(-n2cccc2)c1. The Labute approximate surface area is 151 Å². The molecule has 0 bridgehead atoms. The summed E-state index contributed by atoms with van der Waals surface area (Å²) in [4.78, 5) is 26.6. The largest absolute Gasteiger partial charge is 0.366 e. The molecule has 2 amide bonds. The van der Waals surface area contributed by atoms with E-state index in [-0.39, 0.29) is 5.91 Å². The van der Waals surface area contributed by atoms with Gasteiger partial charge in [0.2, 0.25) is 5.91 Å². The van der Waals surface area contributed by atoms with Gasteiger partial charge in [0.05, 0.1) is 0 Å². The zero-order valence-electron chi connectivity index (χ0n) is 14.3. The van der Waals surface area contributed by atoms with Gasteiger partial charge in [-0.05, 0) is 60.9 Å². The first-order valence-corrected chi connectivity index (χ1v) is 8.62. The Morgan fingerprint density at radius 2 is 1.73 bits per heavy atom. The lowest BCUT2D eigenvalue weighted by Gasteiger charge is -2.30. The van der Waals surface area contributed by atoms with Crippen molar-refractivity contribution in [2.75, 3.05) is 11.4 Å². The molecule has 0 spiro atoms. The zero-order valence-corrected chi connectivity index (χ0v) is 14.3. The maximum Gasteiger partial charge on any atom is 0.258 e. The van der Waals surface area contributed by atoms with E-state index in [1.165, 1.54) is 0 Å². The van der Waals surface area contributed by atoms with Gasteiger partial charge in [-0.3, -0.25) is 9.59 Å². The second-order valence-corrected chi connectivity index (χ2v) is 6.37. The highest BCUT2D eigenvalue weighted by Crippen LogP contribution is 2.31. The number of nitrogens with two attached hydrogens (primary N) is 1. The summed E-state index contributed by atoms with van der Waals surface area (Å²) in [5.41, 5.74) is 9.20. The van der Waals surface area contributed by atoms with Gasteiger partial charge in [-0.25, -0.2) is 0 Å². The number of benzene rings is 2. The van der Waals surface area contributed by atoms with Gasteiger partial charge in [0.15, 0.2) is 0 Å². The smallest absolute Gasteiger partial charge is 0.258 e. The van der Waals surface area contributed by atoms with Crippen LogP contribution in [-0.4, -0.2) is 22.9 Å². The minimum absolute atomic E-state index is 0.0680. The number of fused-ring (bicyclic) bond motifs is 1. The first kappa shape index (κ1) is 16.1.